The van der Waals surface area contributed by atoms with Gasteiger partial charge in [0, 0.05) is 18.1 Å². The summed E-state index contributed by atoms with van der Waals surface area (Å²) < 4.78 is 0. The average molecular weight is 223 g/mol. The summed E-state index contributed by atoms with van der Waals surface area (Å²) in [6.45, 7) is 14.5. The lowest BCUT2D eigenvalue weighted by Gasteiger charge is -2.43. The van der Waals surface area contributed by atoms with Crippen LogP contribution in [0.25, 0.3) is 0 Å². The van der Waals surface area contributed by atoms with Crippen molar-refractivity contribution in [3.63, 3.8) is 0 Å². The van der Waals surface area contributed by atoms with Crippen molar-refractivity contribution in [2.75, 3.05) is 0 Å². The molecule has 2 fully saturated rings. The first-order valence-electron chi connectivity index (χ1n) is 7.21. The molecule has 2 rings (SSSR count). The van der Waals surface area contributed by atoms with Gasteiger partial charge in [0.25, 0.3) is 0 Å². The van der Waals surface area contributed by atoms with E-state index in [2.05, 4.69) is 46.4 Å². The van der Waals surface area contributed by atoms with Gasteiger partial charge in [-0.15, -0.1) is 0 Å². The van der Waals surface area contributed by atoms with Crippen LogP contribution in [-0.2, 0) is 0 Å². The van der Waals surface area contributed by atoms with Gasteiger partial charge >= 0.3 is 0 Å². The third kappa shape index (κ3) is 1.81. The van der Waals surface area contributed by atoms with E-state index in [1.807, 2.05) is 0 Å². The minimum atomic E-state index is 0.732. The van der Waals surface area contributed by atoms with Crippen LogP contribution in [-0.4, -0.2) is 23.0 Å². The molecule has 0 aromatic rings. The normalized spacial score (nSPS) is 44.6. The van der Waals surface area contributed by atoms with Crippen molar-refractivity contribution < 1.29 is 0 Å². The molecule has 5 atom stereocenters. The number of piperidine rings is 1. The highest BCUT2D eigenvalue weighted by Gasteiger charge is 2.50. The summed E-state index contributed by atoms with van der Waals surface area (Å²) in [7, 11) is 0. The van der Waals surface area contributed by atoms with Crippen LogP contribution >= 0.6 is 0 Å². The Bertz CT molecular complexity index is 228. The summed E-state index contributed by atoms with van der Waals surface area (Å²) in [5, 5.41) is 0. The molecule has 0 spiro atoms. The van der Waals surface area contributed by atoms with Gasteiger partial charge in [0.05, 0.1) is 0 Å². The summed E-state index contributed by atoms with van der Waals surface area (Å²) in [5.74, 6) is 3.64. The zero-order valence-electron chi connectivity index (χ0n) is 11.9. The minimum Gasteiger partial charge on any atom is -0.294 e. The van der Waals surface area contributed by atoms with Crippen LogP contribution in [0.15, 0.2) is 0 Å². The number of fused-ring (bicyclic) bond motifs is 2. The van der Waals surface area contributed by atoms with Crippen LogP contribution in [0.3, 0.4) is 0 Å². The molecular formula is C15H29N. The van der Waals surface area contributed by atoms with Crippen LogP contribution in [0.4, 0.5) is 0 Å². The van der Waals surface area contributed by atoms with Crippen molar-refractivity contribution in [3.8, 4) is 0 Å². The molecule has 0 aliphatic carbocycles. The van der Waals surface area contributed by atoms with Gasteiger partial charge in [-0.25, -0.2) is 0 Å². The first-order valence-corrected chi connectivity index (χ1v) is 7.21. The van der Waals surface area contributed by atoms with Gasteiger partial charge in [-0.2, -0.15) is 0 Å². The number of hydrogen-bond donors (Lipinski definition) is 0. The molecule has 94 valence electrons. The van der Waals surface area contributed by atoms with E-state index in [-0.39, 0.29) is 0 Å². The fourth-order valence-electron chi connectivity index (χ4n) is 4.19. The van der Waals surface area contributed by atoms with Crippen molar-refractivity contribution in [1.82, 2.24) is 4.90 Å². The third-order valence-corrected chi connectivity index (χ3v) is 5.44. The Balaban J connectivity index is 2.20. The molecule has 2 aliphatic rings. The fraction of sp³-hybridized carbons (Fsp3) is 1.00. The van der Waals surface area contributed by atoms with E-state index < -0.39 is 0 Å². The monoisotopic (exact) mass is 223 g/mol. The van der Waals surface area contributed by atoms with E-state index >= 15 is 0 Å². The second-order valence-electron chi connectivity index (χ2n) is 6.87. The fourth-order valence-corrected chi connectivity index (χ4v) is 4.19. The van der Waals surface area contributed by atoms with E-state index in [0.717, 1.165) is 41.8 Å². The zero-order valence-corrected chi connectivity index (χ0v) is 11.9. The van der Waals surface area contributed by atoms with Gasteiger partial charge < -0.3 is 0 Å². The lowest BCUT2D eigenvalue weighted by atomic mass is 9.81. The molecule has 1 nitrogen and oxygen atoms in total. The lowest BCUT2D eigenvalue weighted by Crippen LogP contribution is -2.48. The second kappa shape index (κ2) is 4.33. The molecule has 16 heavy (non-hydrogen) atoms. The SMILES string of the molecule is CC(C)C1CC2[C@@H](C)[C@@H](C)C(C1)N2C(C)C. The maximum absolute atomic E-state index is 2.83. The summed E-state index contributed by atoms with van der Waals surface area (Å²) in [5.41, 5.74) is 0. The molecule has 3 unspecified atom stereocenters. The maximum Gasteiger partial charge on any atom is 0.0132 e. The topological polar surface area (TPSA) is 3.24 Å². The van der Waals surface area contributed by atoms with Gasteiger partial charge in [0.1, 0.15) is 0 Å². The minimum absolute atomic E-state index is 0.732. The Morgan fingerprint density at radius 2 is 1.31 bits per heavy atom. The predicted molar refractivity (Wildman–Crippen MR) is 70.4 cm³/mol. The number of rotatable bonds is 2. The Morgan fingerprint density at radius 3 is 1.62 bits per heavy atom. The van der Waals surface area contributed by atoms with E-state index in [9.17, 15) is 0 Å². The lowest BCUT2D eigenvalue weighted by molar-refractivity contribution is 0.0473. The predicted octanol–water partition coefficient (Wildman–Crippen LogP) is 3.79. The first-order chi connectivity index (χ1) is 7.43. The molecule has 0 N–H and O–H groups in total. The highest BCUT2D eigenvalue weighted by molar-refractivity contribution is 5.03. The highest BCUT2D eigenvalue weighted by Crippen LogP contribution is 2.48. The molecule has 2 heterocycles. The summed E-state index contributed by atoms with van der Waals surface area (Å²) in [6.07, 6.45) is 2.88. The van der Waals surface area contributed by atoms with Gasteiger partial charge in [-0.05, 0) is 50.4 Å². The van der Waals surface area contributed by atoms with Crippen LogP contribution in [0.1, 0.15) is 54.4 Å². The molecule has 0 radical (unpaired) electrons. The van der Waals surface area contributed by atoms with Crippen LogP contribution in [0.2, 0.25) is 0 Å². The van der Waals surface area contributed by atoms with Crippen LogP contribution in [0, 0.1) is 23.7 Å². The first kappa shape index (κ1) is 12.4. The standard InChI is InChI=1S/C15H29N/c1-9(2)13-7-14-11(5)12(6)15(8-13)16(14)10(3)4/h9-15H,7-8H2,1-6H3/t11-,12+,13?,14?,15?. The molecular weight excluding hydrogens is 194 g/mol. The van der Waals surface area contributed by atoms with Crippen molar-refractivity contribution in [1.29, 1.82) is 0 Å². The smallest absolute Gasteiger partial charge is 0.0132 e. The van der Waals surface area contributed by atoms with E-state index in [4.69, 9.17) is 0 Å². The largest absolute Gasteiger partial charge is 0.294 e. The van der Waals surface area contributed by atoms with Crippen molar-refractivity contribution in [2.45, 2.75) is 72.5 Å². The summed E-state index contributed by atoms with van der Waals surface area (Å²) >= 11 is 0. The van der Waals surface area contributed by atoms with Gasteiger partial charge in [0.15, 0.2) is 0 Å². The van der Waals surface area contributed by atoms with E-state index in [0.29, 0.717) is 0 Å². The highest BCUT2D eigenvalue weighted by atomic mass is 15.3. The van der Waals surface area contributed by atoms with Crippen molar-refractivity contribution >= 4 is 0 Å². The Morgan fingerprint density at radius 1 is 0.875 bits per heavy atom. The zero-order chi connectivity index (χ0) is 12.0. The molecule has 2 bridgehead atoms. The molecule has 0 saturated carbocycles. The quantitative estimate of drug-likeness (QED) is 0.688. The second-order valence-corrected chi connectivity index (χ2v) is 6.87. The molecule has 2 aliphatic heterocycles. The Labute approximate surface area is 102 Å². The van der Waals surface area contributed by atoms with Gasteiger partial charge in [0.2, 0.25) is 0 Å². The Kier molecular flexibility index (Phi) is 3.36. The number of hydrogen-bond acceptors (Lipinski definition) is 1. The maximum atomic E-state index is 2.83. The molecule has 0 aromatic carbocycles. The van der Waals surface area contributed by atoms with Crippen LogP contribution < -0.4 is 0 Å². The molecule has 0 amide bonds. The molecule has 0 aromatic heterocycles. The van der Waals surface area contributed by atoms with Crippen molar-refractivity contribution in [2.24, 2.45) is 23.7 Å². The van der Waals surface area contributed by atoms with Crippen molar-refractivity contribution in [3.05, 3.63) is 0 Å². The number of nitrogens with zero attached hydrogens (tertiary/aromatic N) is 1. The summed E-state index contributed by atoms with van der Waals surface area (Å²) in [4.78, 5) is 2.83. The third-order valence-electron chi connectivity index (χ3n) is 5.44. The molecule has 1 heteroatoms. The van der Waals surface area contributed by atoms with Crippen LogP contribution in [0.5, 0.6) is 0 Å². The van der Waals surface area contributed by atoms with Gasteiger partial charge in [-0.1, -0.05) is 27.7 Å². The molecule has 2 saturated heterocycles. The Hall–Kier alpha value is -0.0400. The average Bonchev–Trinajstić information content (AvgIpc) is 2.37. The summed E-state index contributed by atoms with van der Waals surface area (Å²) in [6, 6.07) is 2.46. The van der Waals surface area contributed by atoms with E-state index in [1.165, 1.54) is 12.8 Å². The van der Waals surface area contributed by atoms with Gasteiger partial charge in [-0.3, -0.25) is 4.90 Å². The van der Waals surface area contributed by atoms with E-state index in [1.54, 1.807) is 0 Å².